The van der Waals surface area contributed by atoms with E-state index in [1.807, 2.05) is 44.2 Å². The average molecular weight is 214 g/mol. The molecule has 0 bridgehead atoms. The number of nitrogens with zero attached hydrogens (tertiary/aromatic N) is 1. The lowest BCUT2D eigenvalue weighted by Gasteiger charge is -1.93. The Kier molecular flexibility index (Phi) is 4.16. The molecule has 2 rings (SSSR count). The summed E-state index contributed by atoms with van der Waals surface area (Å²) in [5.41, 5.74) is 6.80. The molecule has 1 aromatic carbocycles. The molecule has 2 aromatic rings. The molecular weight excluding hydrogens is 200 g/mol. The van der Waals surface area contributed by atoms with Crippen LogP contribution < -0.4 is 5.73 Å². The zero-order valence-electron chi connectivity index (χ0n) is 9.40. The van der Waals surface area contributed by atoms with Gasteiger partial charge in [-0.2, -0.15) is 0 Å². The topological polar surface area (TPSA) is 43.5 Å². The van der Waals surface area contributed by atoms with Gasteiger partial charge in [-0.3, -0.25) is 0 Å². The monoisotopic (exact) mass is 214 g/mol. The first-order valence-electron chi connectivity index (χ1n) is 5.13. The van der Waals surface area contributed by atoms with E-state index in [2.05, 4.69) is 4.85 Å². The van der Waals surface area contributed by atoms with E-state index in [-0.39, 0.29) is 5.88 Å². The zero-order chi connectivity index (χ0) is 12.0. The van der Waals surface area contributed by atoms with E-state index in [1.54, 1.807) is 6.07 Å². The number of hydrogen-bond acceptors (Lipinski definition) is 2. The van der Waals surface area contributed by atoms with E-state index < -0.39 is 0 Å². The molecule has 3 heteroatoms. The zero-order valence-corrected chi connectivity index (χ0v) is 9.40. The van der Waals surface area contributed by atoms with Gasteiger partial charge in [-0.15, -0.1) is 0 Å². The van der Waals surface area contributed by atoms with E-state index in [4.69, 9.17) is 16.7 Å². The highest BCUT2D eigenvalue weighted by atomic mass is 16.4. The van der Waals surface area contributed by atoms with E-state index in [9.17, 15) is 0 Å². The Balaban J connectivity index is 0.000000606. The van der Waals surface area contributed by atoms with Gasteiger partial charge >= 0.3 is 0 Å². The fourth-order valence-electron chi connectivity index (χ4n) is 1.23. The van der Waals surface area contributed by atoms with E-state index >= 15 is 0 Å². The first-order valence-corrected chi connectivity index (χ1v) is 5.13. The molecule has 0 unspecified atom stereocenters. The van der Waals surface area contributed by atoms with E-state index in [1.165, 1.54) is 0 Å². The molecule has 0 atom stereocenters. The SMILES string of the molecule is CC.[C-]#[N+]c1cc(-c2ccccc2)oc1N. The largest absolute Gasteiger partial charge is 0.452 e. The standard InChI is InChI=1S/C11H8N2O.C2H6/c1-13-9-7-10(14-11(9)12)8-5-3-2-4-6-8;1-2/h2-7H,12H2;1-2H3. The third-order valence-electron chi connectivity index (χ3n) is 1.92. The number of furan rings is 1. The quantitative estimate of drug-likeness (QED) is 0.726. The van der Waals surface area contributed by atoms with Gasteiger partial charge in [0, 0.05) is 5.56 Å². The number of anilines is 1. The van der Waals surface area contributed by atoms with Crippen molar-refractivity contribution in [1.82, 2.24) is 0 Å². The molecule has 82 valence electrons. The molecule has 0 aliphatic heterocycles. The predicted octanol–water partition coefficient (Wildman–Crippen LogP) is 4.11. The van der Waals surface area contributed by atoms with Gasteiger partial charge in [0.25, 0.3) is 0 Å². The van der Waals surface area contributed by atoms with Crippen molar-refractivity contribution in [2.45, 2.75) is 13.8 Å². The van der Waals surface area contributed by atoms with Crippen LogP contribution in [0.25, 0.3) is 16.2 Å². The minimum absolute atomic E-state index is 0.179. The van der Waals surface area contributed by atoms with Gasteiger partial charge in [-0.25, -0.2) is 4.85 Å². The maximum Gasteiger partial charge on any atom is 0.248 e. The highest BCUT2D eigenvalue weighted by Gasteiger charge is 2.08. The van der Waals surface area contributed by atoms with Crippen molar-refractivity contribution in [3.05, 3.63) is 47.8 Å². The Labute approximate surface area is 95.3 Å². The van der Waals surface area contributed by atoms with Crippen LogP contribution in [0.15, 0.2) is 40.8 Å². The molecule has 0 aliphatic rings. The van der Waals surface area contributed by atoms with Crippen molar-refractivity contribution in [2.24, 2.45) is 0 Å². The molecule has 0 amide bonds. The Morgan fingerprint density at radius 2 is 1.81 bits per heavy atom. The molecule has 1 heterocycles. The van der Waals surface area contributed by atoms with E-state index in [0.717, 1.165) is 5.56 Å². The predicted molar refractivity (Wildman–Crippen MR) is 66.2 cm³/mol. The molecule has 3 nitrogen and oxygen atoms in total. The lowest BCUT2D eigenvalue weighted by Crippen LogP contribution is -1.77. The summed E-state index contributed by atoms with van der Waals surface area (Å²) in [5, 5.41) is 0. The molecule has 0 fully saturated rings. The number of nitrogens with two attached hydrogens (primary N) is 1. The van der Waals surface area contributed by atoms with Crippen LogP contribution in [0.5, 0.6) is 0 Å². The molecule has 16 heavy (non-hydrogen) atoms. The smallest absolute Gasteiger partial charge is 0.248 e. The second-order valence-corrected chi connectivity index (χ2v) is 2.84. The number of benzene rings is 1. The summed E-state index contributed by atoms with van der Waals surface area (Å²) < 4.78 is 5.26. The number of rotatable bonds is 1. The van der Waals surface area contributed by atoms with Crippen LogP contribution in [0, 0.1) is 6.57 Å². The van der Waals surface area contributed by atoms with Crippen molar-refractivity contribution in [3.63, 3.8) is 0 Å². The van der Waals surface area contributed by atoms with Gasteiger partial charge in [0.05, 0.1) is 6.57 Å². The summed E-state index contributed by atoms with van der Waals surface area (Å²) in [6, 6.07) is 11.2. The first-order chi connectivity index (χ1) is 7.81. The molecule has 0 aliphatic carbocycles. The van der Waals surface area contributed by atoms with Gasteiger partial charge in [0.1, 0.15) is 5.76 Å². The van der Waals surface area contributed by atoms with Crippen LogP contribution in [-0.4, -0.2) is 0 Å². The normalized spacial score (nSPS) is 8.81. The van der Waals surface area contributed by atoms with Crippen LogP contribution >= 0.6 is 0 Å². The summed E-state index contributed by atoms with van der Waals surface area (Å²) in [7, 11) is 0. The molecule has 2 N–H and O–H groups in total. The van der Waals surface area contributed by atoms with Crippen molar-refractivity contribution in [1.29, 1.82) is 0 Å². The maximum atomic E-state index is 6.85. The molecule has 0 spiro atoms. The molecule has 0 radical (unpaired) electrons. The summed E-state index contributed by atoms with van der Waals surface area (Å²) >= 11 is 0. The lowest BCUT2D eigenvalue weighted by atomic mass is 10.2. The highest BCUT2D eigenvalue weighted by molar-refractivity contribution is 5.71. The van der Waals surface area contributed by atoms with Crippen LogP contribution in [-0.2, 0) is 0 Å². The Bertz CT molecular complexity index is 480. The lowest BCUT2D eigenvalue weighted by molar-refractivity contribution is 0.604. The first kappa shape index (κ1) is 11.9. The second kappa shape index (κ2) is 5.62. The van der Waals surface area contributed by atoms with Crippen molar-refractivity contribution in [3.8, 4) is 11.3 Å². The fraction of sp³-hybridized carbons (Fsp3) is 0.154. The highest BCUT2D eigenvalue weighted by Crippen LogP contribution is 2.32. The van der Waals surface area contributed by atoms with Gasteiger partial charge in [-0.1, -0.05) is 44.2 Å². The fourth-order valence-corrected chi connectivity index (χ4v) is 1.23. The summed E-state index contributed by atoms with van der Waals surface area (Å²) in [6.07, 6.45) is 0. The minimum Gasteiger partial charge on any atom is -0.452 e. The Morgan fingerprint density at radius 3 is 2.31 bits per heavy atom. The second-order valence-electron chi connectivity index (χ2n) is 2.84. The Hall–Kier alpha value is -2.21. The van der Waals surface area contributed by atoms with Crippen LogP contribution in [0.3, 0.4) is 0 Å². The molecule has 0 saturated heterocycles. The third kappa shape index (κ3) is 2.43. The Morgan fingerprint density at radius 1 is 1.19 bits per heavy atom. The minimum atomic E-state index is 0.179. The van der Waals surface area contributed by atoms with Gasteiger partial charge in [-0.05, 0) is 6.07 Å². The maximum absolute atomic E-state index is 6.85. The van der Waals surface area contributed by atoms with Crippen molar-refractivity contribution in [2.75, 3.05) is 5.73 Å². The molecule has 0 saturated carbocycles. The summed E-state index contributed by atoms with van der Waals surface area (Å²) in [4.78, 5) is 3.25. The number of nitrogen functional groups attached to an aromatic ring is 1. The molecular formula is C13H14N2O. The average Bonchev–Trinajstić information content (AvgIpc) is 2.74. The van der Waals surface area contributed by atoms with Crippen LogP contribution in [0.2, 0.25) is 0 Å². The summed E-state index contributed by atoms with van der Waals surface area (Å²) in [5.74, 6) is 0.813. The molecule has 1 aromatic heterocycles. The van der Waals surface area contributed by atoms with Crippen molar-refractivity contribution < 1.29 is 4.42 Å². The van der Waals surface area contributed by atoms with E-state index in [0.29, 0.717) is 11.4 Å². The van der Waals surface area contributed by atoms with Gasteiger partial charge in [0.15, 0.2) is 5.88 Å². The number of hydrogen-bond donors (Lipinski definition) is 1. The van der Waals surface area contributed by atoms with Crippen molar-refractivity contribution >= 4 is 11.6 Å². The van der Waals surface area contributed by atoms with Gasteiger partial charge in [0.2, 0.25) is 5.69 Å². The summed E-state index contributed by atoms with van der Waals surface area (Å²) in [6.45, 7) is 10.8. The van der Waals surface area contributed by atoms with Crippen LogP contribution in [0.1, 0.15) is 13.8 Å². The van der Waals surface area contributed by atoms with Crippen LogP contribution in [0.4, 0.5) is 11.6 Å². The van der Waals surface area contributed by atoms with Gasteiger partial charge < -0.3 is 10.2 Å². The third-order valence-corrected chi connectivity index (χ3v) is 1.92.